The van der Waals surface area contributed by atoms with Gasteiger partial charge in [0.1, 0.15) is 29.0 Å². The summed E-state index contributed by atoms with van der Waals surface area (Å²) < 4.78 is 5.56. The van der Waals surface area contributed by atoms with Gasteiger partial charge in [-0.15, -0.1) is 0 Å². The molecule has 0 bridgehead atoms. The number of hydrogen-bond acceptors (Lipinski definition) is 6. The lowest BCUT2D eigenvalue weighted by Crippen LogP contribution is -2.13. The second kappa shape index (κ2) is 5.92. The predicted octanol–water partition coefficient (Wildman–Crippen LogP) is 2.71. The number of hydrazine groups is 1. The fraction of sp³-hybridized carbons (Fsp3) is 0.429. The molecule has 0 aliphatic heterocycles. The molecule has 0 saturated heterocycles. The van der Waals surface area contributed by atoms with Crippen LogP contribution < -0.4 is 16.6 Å². The Labute approximate surface area is 118 Å². The molecular formula is C14H21N5O. The van der Waals surface area contributed by atoms with Crippen LogP contribution in [0.15, 0.2) is 16.5 Å². The highest BCUT2D eigenvalue weighted by Gasteiger charge is 2.14. The Morgan fingerprint density at radius 2 is 1.95 bits per heavy atom. The highest BCUT2D eigenvalue weighted by Crippen LogP contribution is 2.24. The average Bonchev–Trinajstić information content (AvgIpc) is 2.77. The molecular weight excluding hydrogens is 254 g/mol. The smallest absolute Gasteiger partial charge is 0.145 e. The summed E-state index contributed by atoms with van der Waals surface area (Å²) >= 11 is 0. The van der Waals surface area contributed by atoms with Crippen molar-refractivity contribution < 1.29 is 4.42 Å². The van der Waals surface area contributed by atoms with Gasteiger partial charge in [-0.2, -0.15) is 0 Å². The maximum absolute atomic E-state index is 5.56. The van der Waals surface area contributed by atoms with Gasteiger partial charge in [0.15, 0.2) is 0 Å². The van der Waals surface area contributed by atoms with Crippen molar-refractivity contribution in [2.24, 2.45) is 5.84 Å². The molecule has 0 aromatic carbocycles. The van der Waals surface area contributed by atoms with E-state index in [-0.39, 0.29) is 6.04 Å². The van der Waals surface area contributed by atoms with Gasteiger partial charge in [0.2, 0.25) is 0 Å². The standard InChI is InChI=1S/C14H21N5O/c1-5-12-17-13(7-14(18-12)19-15)16-9(3)11-6-8(2)20-10(11)4/h6-7,9H,5,15H2,1-4H3,(H2,16,17,18,19). The summed E-state index contributed by atoms with van der Waals surface area (Å²) in [5.74, 6) is 9.35. The Kier molecular flexibility index (Phi) is 4.24. The lowest BCUT2D eigenvalue weighted by molar-refractivity contribution is 0.499. The Balaban J connectivity index is 2.22. The Morgan fingerprint density at radius 3 is 2.50 bits per heavy atom. The summed E-state index contributed by atoms with van der Waals surface area (Å²) in [6.07, 6.45) is 0.752. The van der Waals surface area contributed by atoms with Gasteiger partial charge < -0.3 is 15.2 Å². The van der Waals surface area contributed by atoms with E-state index in [4.69, 9.17) is 10.3 Å². The summed E-state index contributed by atoms with van der Waals surface area (Å²) in [5, 5.41) is 3.36. The van der Waals surface area contributed by atoms with Crippen LogP contribution in [0.2, 0.25) is 0 Å². The van der Waals surface area contributed by atoms with Gasteiger partial charge in [0.25, 0.3) is 0 Å². The van der Waals surface area contributed by atoms with E-state index in [0.29, 0.717) is 5.82 Å². The minimum Gasteiger partial charge on any atom is -0.466 e. The highest BCUT2D eigenvalue weighted by molar-refractivity contribution is 5.48. The fourth-order valence-electron chi connectivity index (χ4n) is 2.18. The van der Waals surface area contributed by atoms with Gasteiger partial charge in [-0.3, -0.25) is 0 Å². The zero-order valence-electron chi connectivity index (χ0n) is 12.3. The second-order valence-corrected chi connectivity index (χ2v) is 4.79. The summed E-state index contributed by atoms with van der Waals surface area (Å²) in [6.45, 7) is 7.98. The van der Waals surface area contributed by atoms with Crippen molar-refractivity contribution in [3.8, 4) is 0 Å². The Morgan fingerprint density at radius 1 is 1.25 bits per heavy atom. The van der Waals surface area contributed by atoms with Crippen LogP contribution in [0.5, 0.6) is 0 Å². The third-order valence-electron chi connectivity index (χ3n) is 3.15. The summed E-state index contributed by atoms with van der Waals surface area (Å²) in [5.41, 5.74) is 3.69. The first kappa shape index (κ1) is 14.3. The molecule has 0 aliphatic carbocycles. The van der Waals surface area contributed by atoms with Crippen molar-refractivity contribution in [3.63, 3.8) is 0 Å². The topological polar surface area (TPSA) is 89.0 Å². The van der Waals surface area contributed by atoms with E-state index in [1.54, 1.807) is 6.07 Å². The molecule has 1 atom stereocenters. The molecule has 0 fully saturated rings. The van der Waals surface area contributed by atoms with E-state index >= 15 is 0 Å². The van der Waals surface area contributed by atoms with Crippen molar-refractivity contribution >= 4 is 11.6 Å². The first-order valence-corrected chi connectivity index (χ1v) is 6.71. The number of nitrogens with two attached hydrogens (primary N) is 1. The largest absolute Gasteiger partial charge is 0.466 e. The van der Waals surface area contributed by atoms with E-state index < -0.39 is 0 Å². The first-order chi connectivity index (χ1) is 9.53. The van der Waals surface area contributed by atoms with Gasteiger partial charge in [-0.1, -0.05) is 6.92 Å². The van der Waals surface area contributed by atoms with Crippen molar-refractivity contribution in [2.45, 2.75) is 40.2 Å². The predicted molar refractivity (Wildman–Crippen MR) is 79.4 cm³/mol. The lowest BCUT2D eigenvalue weighted by atomic mass is 10.1. The number of nitrogen functional groups attached to an aromatic ring is 1. The van der Waals surface area contributed by atoms with E-state index in [2.05, 4.69) is 27.6 Å². The summed E-state index contributed by atoms with van der Waals surface area (Å²) in [7, 11) is 0. The third-order valence-corrected chi connectivity index (χ3v) is 3.15. The fourth-order valence-corrected chi connectivity index (χ4v) is 2.18. The van der Waals surface area contributed by atoms with Crippen molar-refractivity contribution in [2.75, 3.05) is 10.7 Å². The molecule has 6 nitrogen and oxygen atoms in total. The van der Waals surface area contributed by atoms with Crippen molar-refractivity contribution in [1.82, 2.24) is 9.97 Å². The molecule has 2 aromatic rings. The van der Waals surface area contributed by atoms with Crippen LogP contribution in [0.1, 0.15) is 42.8 Å². The maximum Gasteiger partial charge on any atom is 0.145 e. The molecule has 0 aliphatic rings. The molecule has 20 heavy (non-hydrogen) atoms. The van der Waals surface area contributed by atoms with Crippen LogP contribution in [0.25, 0.3) is 0 Å². The van der Waals surface area contributed by atoms with Gasteiger partial charge in [0.05, 0.1) is 6.04 Å². The number of aryl methyl sites for hydroxylation is 3. The first-order valence-electron chi connectivity index (χ1n) is 6.71. The number of furan rings is 1. The molecule has 0 amide bonds. The zero-order valence-corrected chi connectivity index (χ0v) is 12.3. The molecule has 0 saturated carbocycles. The maximum atomic E-state index is 5.56. The van der Waals surface area contributed by atoms with Crippen molar-refractivity contribution in [3.05, 3.63) is 35.0 Å². The number of aromatic nitrogens is 2. The number of nitrogens with one attached hydrogen (secondary N) is 2. The van der Waals surface area contributed by atoms with E-state index in [1.165, 1.54) is 0 Å². The molecule has 4 N–H and O–H groups in total. The van der Waals surface area contributed by atoms with Crippen LogP contribution in [0.4, 0.5) is 11.6 Å². The van der Waals surface area contributed by atoms with Crippen LogP contribution >= 0.6 is 0 Å². The van der Waals surface area contributed by atoms with Gasteiger partial charge in [0, 0.05) is 18.1 Å². The minimum atomic E-state index is 0.0951. The van der Waals surface area contributed by atoms with Crippen LogP contribution in [-0.4, -0.2) is 9.97 Å². The molecule has 2 heterocycles. The molecule has 0 spiro atoms. The minimum absolute atomic E-state index is 0.0951. The van der Waals surface area contributed by atoms with E-state index in [1.807, 2.05) is 26.8 Å². The second-order valence-electron chi connectivity index (χ2n) is 4.79. The molecule has 1 unspecified atom stereocenters. The normalized spacial score (nSPS) is 12.2. The average molecular weight is 275 g/mol. The van der Waals surface area contributed by atoms with E-state index in [0.717, 1.165) is 35.1 Å². The van der Waals surface area contributed by atoms with Gasteiger partial charge in [-0.25, -0.2) is 15.8 Å². The van der Waals surface area contributed by atoms with Crippen LogP contribution in [0, 0.1) is 13.8 Å². The Bertz CT molecular complexity index is 571. The number of rotatable bonds is 5. The molecule has 6 heteroatoms. The van der Waals surface area contributed by atoms with Gasteiger partial charge >= 0.3 is 0 Å². The highest BCUT2D eigenvalue weighted by atomic mass is 16.3. The molecule has 2 aromatic heterocycles. The van der Waals surface area contributed by atoms with Gasteiger partial charge in [-0.05, 0) is 26.8 Å². The zero-order chi connectivity index (χ0) is 14.7. The number of nitrogens with zero attached hydrogens (tertiary/aromatic N) is 2. The summed E-state index contributed by atoms with van der Waals surface area (Å²) in [4.78, 5) is 8.72. The summed E-state index contributed by atoms with van der Waals surface area (Å²) in [6, 6.07) is 3.92. The van der Waals surface area contributed by atoms with Crippen LogP contribution in [0.3, 0.4) is 0 Å². The number of anilines is 2. The Hall–Kier alpha value is -2.08. The van der Waals surface area contributed by atoms with Crippen LogP contribution in [-0.2, 0) is 6.42 Å². The third kappa shape index (κ3) is 3.08. The SMILES string of the molecule is CCc1nc(NN)cc(NC(C)c2cc(C)oc2C)n1. The molecule has 108 valence electrons. The van der Waals surface area contributed by atoms with Crippen molar-refractivity contribution in [1.29, 1.82) is 0 Å². The van der Waals surface area contributed by atoms with E-state index in [9.17, 15) is 0 Å². The molecule has 2 rings (SSSR count). The number of hydrogen-bond donors (Lipinski definition) is 3. The molecule has 0 radical (unpaired) electrons. The monoisotopic (exact) mass is 275 g/mol. The lowest BCUT2D eigenvalue weighted by Gasteiger charge is -2.15. The quantitative estimate of drug-likeness (QED) is 0.574.